The molecule has 0 spiro atoms. The summed E-state index contributed by atoms with van der Waals surface area (Å²) in [5.41, 5.74) is 1.03. The molecule has 0 radical (unpaired) electrons. The summed E-state index contributed by atoms with van der Waals surface area (Å²) in [6.45, 7) is 0.756. The van der Waals surface area contributed by atoms with E-state index < -0.39 is 17.7 Å². The van der Waals surface area contributed by atoms with Gasteiger partial charge in [-0.05, 0) is 49.2 Å². The standard InChI is InChI=1S/C20H17F3N2O2S/c21-20(22,23)13-5-7-14(8-6-13)28-18-15-4-1-9-24-19(15)25-10-2-3-12(17(18)25)11-16(26)27/h1,4-9,12H,2-3,10-11H2,(H,26,27). The molecule has 0 aliphatic carbocycles. The summed E-state index contributed by atoms with van der Waals surface area (Å²) >= 11 is 1.37. The quantitative estimate of drug-likeness (QED) is 0.616. The number of alkyl halides is 3. The second kappa shape index (κ2) is 7.16. The van der Waals surface area contributed by atoms with Crippen LogP contribution in [-0.2, 0) is 17.5 Å². The van der Waals surface area contributed by atoms with Gasteiger partial charge in [-0.2, -0.15) is 13.2 Å². The SMILES string of the molecule is O=C(O)CC1CCCn2c1c(Sc1ccc(C(F)(F)F)cc1)c1cccnc12. The fourth-order valence-corrected chi connectivity index (χ4v) is 4.93. The number of aryl methyl sites for hydroxylation is 1. The first-order chi connectivity index (χ1) is 13.3. The molecule has 4 rings (SSSR count). The Morgan fingerprint density at radius 3 is 2.68 bits per heavy atom. The average Bonchev–Trinajstić information content (AvgIpc) is 2.96. The average molecular weight is 406 g/mol. The highest BCUT2D eigenvalue weighted by atomic mass is 32.2. The van der Waals surface area contributed by atoms with Crippen LogP contribution in [0.1, 0.15) is 36.4 Å². The van der Waals surface area contributed by atoms with E-state index in [0.29, 0.717) is 4.90 Å². The minimum atomic E-state index is -4.37. The third-order valence-corrected chi connectivity index (χ3v) is 6.10. The molecule has 3 aromatic rings. The van der Waals surface area contributed by atoms with Gasteiger partial charge >= 0.3 is 12.1 Å². The zero-order chi connectivity index (χ0) is 19.9. The van der Waals surface area contributed by atoms with Crippen molar-refractivity contribution < 1.29 is 23.1 Å². The van der Waals surface area contributed by atoms with Crippen LogP contribution >= 0.6 is 11.8 Å². The van der Waals surface area contributed by atoms with Crippen LogP contribution in [0.5, 0.6) is 0 Å². The molecule has 0 fully saturated rings. The minimum absolute atomic E-state index is 0.0247. The van der Waals surface area contributed by atoms with Gasteiger partial charge in [0.25, 0.3) is 0 Å². The summed E-state index contributed by atoms with van der Waals surface area (Å²) in [6.07, 6.45) is -1.01. The fraction of sp³-hybridized carbons (Fsp3) is 0.300. The lowest BCUT2D eigenvalue weighted by Crippen LogP contribution is -2.18. The van der Waals surface area contributed by atoms with Gasteiger partial charge in [0.1, 0.15) is 5.65 Å². The van der Waals surface area contributed by atoms with Gasteiger partial charge in [-0.1, -0.05) is 11.8 Å². The molecule has 4 nitrogen and oxygen atoms in total. The van der Waals surface area contributed by atoms with E-state index >= 15 is 0 Å². The highest BCUT2D eigenvalue weighted by Gasteiger charge is 2.31. The summed E-state index contributed by atoms with van der Waals surface area (Å²) in [5, 5.41) is 10.2. The number of hydrogen-bond acceptors (Lipinski definition) is 3. The van der Waals surface area contributed by atoms with Crippen molar-refractivity contribution >= 4 is 28.8 Å². The molecule has 2 aromatic heterocycles. The Bertz CT molecular complexity index is 1030. The highest BCUT2D eigenvalue weighted by Crippen LogP contribution is 2.45. The normalized spacial score (nSPS) is 16.9. The van der Waals surface area contributed by atoms with Crippen LogP contribution in [0.15, 0.2) is 52.4 Å². The molecule has 8 heteroatoms. The number of benzene rings is 1. The van der Waals surface area contributed by atoms with Crippen LogP contribution in [0.25, 0.3) is 11.0 Å². The van der Waals surface area contributed by atoms with Crippen molar-refractivity contribution in [3.63, 3.8) is 0 Å². The molecule has 0 bridgehead atoms. The molecule has 3 heterocycles. The zero-order valence-electron chi connectivity index (χ0n) is 14.7. The van der Waals surface area contributed by atoms with E-state index in [-0.39, 0.29) is 12.3 Å². The van der Waals surface area contributed by atoms with Crippen molar-refractivity contribution in [1.29, 1.82) is 0 Å². The third kappa shape index (κ3) is 3.48. The molecule has 1 atom stereocenters. The number of nitrogens with zero attached hydrogens (tertiary/aromatic N) is 2. The maximum absolute atomic E-state index is 12.8. The Hall–Kier alpha value is -2.48. The first kappa shape index (κ1) is 18.9. The van der Waals surface area contributed by atoms with Crippen LogP contribution in [0.3, 0.4) is 0 Å². The number of aromatic nitrogens is 2. The molecule has 1 aliphatic heterocycles. The van der Waals surface area contributed by atoms with Crippen LogP contribution in [0.4, 0.5) is 13.2 Å². The van der Waals surface area contributed by atoms with Gasteiger partial charge in [0.2, 0.25) is 0 Å². The lowest BCUT2D eigenvalue weighted by Gasteiger charge is -2.25. The molecule has 1 aromatic carbocycles. The molecular formula is C20H17F3N2O2S. The molecule has 0 saturated heterocycles. The molecular weight excluding hydrogens is 389 g/mol. The highest BCUT2D eigenvalue weighted by molar-refractivity contribution is 7.99. The number of carboxylic acids is 1. The van der Waals surface area contributed by atoms with Crippen molar-refractivity contribution in [2.24, 2.45) is 0 Å². The van der Waals surface area contributed by atoms with E-state index in [1.165, 1.54) is 23.9 Å². The van der Waals surface area contributed by atoms with Crippen molar-refractivity contribution in [3.05, 3.63) is 53.9 Å². The van der Waals surface area contributed by atoms with Crippen LogP contribution < -0.4 is 0 Å². The number of halogens is 3. The molecule has 0 amide bonds. The van der Waals surface area contributed by atoms with E-state index in [1.54, 1.807) is 6.20 Å². The van der Waals surface area contributed by atoms with Gasteiger partial charge < -0.3 is 9.67 Å². The van der Waals surface area contributed by atoms with Gasteiger partial charge in [-0.3, -0.25) is 4.79 Å². The molecule has 28 heavy (non-hydrogen) atoms. The minimum Gasteiger partial charge on any atom is -0.481 e. The van der Waals surface area contributed by atoms with E-state index in [0.717, 1.165) is 53.1 Å². The fourth-order valence-electron chi connectivity index (χ4n) is 3.78. The molecule has 1 aliphatic rings. The Labute approximate surface area is 163 Å². The number of pyridine rings is 1. The molecule has 0 saturated carbocycles. The topological polar surface area (TPSA) is 55.1 Å². The number of carboxylic acid groups (broad SMARTS) is 1. The Morgan fingerprint density at radius 2 is 2.00 bits per heavy atom. The predicted octanol–water partition coefficient (Wildman–Crippen LogP) is 5.56. The van der Waals surface area contributed by atoms with E-state index in [9.17, 15) is 23.1 Å². The van der Waals surface area contributed by atoms with Crippen LogP contribution in [-0.4, -0.2) is 20.6 Å². The second-order valence-electron chi connectivity index (χ2n) is 6.80. The first-order valence-electron chi connectivity index (χ1n) is 8.88. The smallest absolute Gasteiger partial charge is 0.416 e. The number of aliphatic carboxylic acids is 1. The van der Waals surface area contributed by atoms with Gasteiger partial charge in [0.05, 0.1) is 12.0 Å². The summed E-state index contributed by atoms with van der Waals surface area (Å²) in [5.74, 6) is -1.00. The third-order valence-electron chi connectivity index (χ3n) is 4.95. The molecule has 146 valence electrons. The summed E-state index contributed by atoms with van der Waals surface area (Å²) in [6, 6.07) is 8.79. The number of fused-ring (bicyclic) bond motifs is 3. The van der Waals surface area contributed by atoms with E-state index in [4.69, 9.17) is 0 Å². The van der Waals surface area contributed by atoms with E-state index in [2.05, 4.69) is 9.55 Å². The molecule has 1 unspecified atom stereocenters. The largest absolute Gasteiger partial charge is 0.481 e. The molecule has 1 N–H and O–H groups in total. The van der Waals surface area contributed by atoms with Crippen molar-refractivity contribution in [1.82, 2.24) is 9.55 Å². The van der Waals surface area contributed by atoms with Crippen molar-refractivity contribution in [3.8, 4) is 0 Å². The van der Waals surface area contributed by atoms with E-state index in [1.807, 2.05) is 12.1 Å². The van der Waals surface area contributed by atoms with Crippen LogP contribution in [0, 0.1) is 0 Å². The predicted molar refractivity (Wildman–Crippen MR) is 99.5 cm³/mol. The Balaban J connectivity index is 1.79. The zero-order valence-corrected chi connectivity index (χ0v) is 15.6. The van der Waals surface area contributed by atoms with Crippen molar-refractivity contribution in [2.45, 2.75) is 47.7 Å². The Morgan fingerprint density at radius 1 is 1.25 bits per heavy atom. The Kier molecular flexibility index (Phi) is 4.82. The summed E-state index contributed by atoms with van der Waals surface area (Å²) in [7, 11) is 0. The van der Waals surface area contributed by atoms with Gasteiger partial charge in [-0.15, -0.1) is 0 Å². The maximum atomic E-state index is 12.8. The lowest BCUT2D eigenvalue weighted by molar-refractivity contribution is -0.138. The summed E-state index contributed by atoms with van der Waals surface area (Å²) < 4.78 is 40.6. The second-order valence-corrected chi connectivity index (χ2v) is 7.89. The van der Waals surface area contributed by atoms with Gasteiger partial charge in [0, 0.05) is 39.5 Å². The first-order valence-corrected chi connectivity index (χ1v) is 9.70. The lowest BCUT2D eigenvalue weighted by atomic mass is 9.93. The summed E-state index contributed by atoms with van der Waals surface area (Å²) in [4.78, 5) is 17.4. The van der Waals surface area contributed by atoms with Crippen LogP contribution in [0.2, 0.25) is 0 Å². The van der Waals surface area contributed by atoms with Crippen molar-refractivity contribution in [2.75, 3.05) is 0 Å². The number of carbonyl (C=O) groups is 1. The number of hydrogen-bond donors (Lipinski definition) is 1. The van der Waals surface area contributed by atoms with Gasteiger partial charge in [0.15, 0.2) is 0 Å². The maximum Gasteiger partial charge on any atom is 0.416 e. The van der Waals surface area contributed by atoms with Gasteiger partial charge in [-0.25, -0.2) is 4.98 Å². The monoisotopic (exact) mass is 406 g/mol. The number of rotatable bonds is 4.